The van der Waals surface area contributed by atoms with Crippen LogP contribution < -0.4 is 4.90 Å². The highest BCUT2D eigenvalue weighted by atomic mass is 15.2. The number of pyridine rings is 1. The third kappa shape index (κ3) is 6.12. The minimum absolute atomic E-state index is 0.958. The van der Waals surface area contributed by atoms with Gasteiger partial charge in [-0.05, 0) is 75.7 Å². The molecule has 0 aliphatic heterocycles. The van der Waals surface area contributed by atoms with Crippen LogP contribution >= 0.6 is 0 Å². The summed E-state index contributed by atoms with van der Waals surface area (Å²) in [7, 11) is 0. The fourth-order valence-corrected chi connectivity index (χ4v) is 7.87. The molecule has 2 aromatic heterocycles. The summed E-state index contributed by atoms with van der Waals surface area (Å²) in [5.41, 5.74) is 15.6. The zero-order valence-electron chi connectivity index (χ0n) is 30.7. The molecule has 3 heteroatoms. The molecule has 0 radical (unpaired) electrons. The monoisotopic (exact) mass is 715 g/mol. The molecular weight excluding hydrogens is 679 g/mol. The Morgan fingerprint density at radius 1 is 0.339 bits per heavy atom. The third-order valence-corrected chi connectivity index (χ3v) is 10.6. The molecule has 0 spiro atoms. The first kappa shape index (κ1) is 33.1. The van der Waals surface area contributed by atoms with Crippen molar-refractivity contribution >= 4 is 33.4 Å². The Morgan fingerprint density at radius 2 is 0.768 bits per heavy atom. The summed E-state index contributed by atoms with van der Waals surface area (Å²) in [6, 6.07) is 79.9. The molecule has 10 aromatic rings. The van der Waals surface area contributed by atoms with Crippen LogP contribution in [-0.2, 0) is 0 Å². The number of fused-ring (bicyclic) bond motifs is 3. The highest BCUT2D eigenvalue weighted by Gasteiger charge is 2.23. The highest BCUT2D eigenvalue weighted by Crippen LogP contribution is 2.43. The largest absolute Gasteiger partial charge is 0.310 e. The number of para-hydroxylation sites is 1. The van der Waals surface area contributed by atoms with Crippen LogP contribution in [0.25, 0.3) is 72.2 Å². The molecule has 8 aromatic carbocycles. The lowest BCUT2D eigenvalue weighted by molar-refractivity contribution is 0.979. The number of nitrogens with zero attached hydrogens (tertiary/aromatic N) is 3. The first-order valence-electron chi connectivity index (χ1n) is 19.1. The molecular formula is C53H37N3. The third-order valence-electron chi connectivity index (χ3n) is 10.6. The molecule has 264 valence electrons. The lowest BCUT2D eigenvalue weighted by Crippen LogP contribution is -2.10. The quantitative estimate of drug-likeness (QED) is 0.156. The van der Waals surface area contributed by atoms with Crippen LogP contribution in [0.3, 0.4) is 0 Å². The number of anilines is 3. The maximum atomic E-state index is 5.44. The van der Waals surface area contributed by atoms with Gasteiger partial charge in [0, 0.05) is 39.1 Å². The van der Waals surface area contributed by atoms with Crippen LogP contribution in [0.5, 0.6) is 0 Å². The predicted molar refractivity (Wildman–Crippen MR) is 235 cm³/mol. The van der Waals surface area contributed by atoms with Crippen LogP contribution in [0.4, 0.5) is 17.1 Å². The van der Waals surface area contributed by atoms with Gasteiger partial charge in [-0.1, -0.05) is 182 Å². The molecule has 56 heavy (non-hydrogen) atoms. The molecule has 0 atom stereocenters. The van der Waals surface area contributed by atoms with Gasteiger partial charge >= 0.3 is 0 Å². The van der Waals surface area contributed by atoms with Crippen LogP contribution in [0, 0.1) is 0 Å². The summed E-state index contributed by atoms with van der Waals surface area (Å²) in [5, 5.41) is 7.72. The first-order chi connectivity index (χ1) is 27.8. The van der Waals surface area contributed by atoms with E-state index >= 15 is 0 Å². The molecule has 0 saturated carbocycles. The topological polar surface area (TPSA) is 20.5 Å². The molecule has 0 aliphatic carbocycles. The maximum Gasteiger partial charge on any atom is 0.101 e. The van der Waals surface area contributed by atoms with Crippen molar-refractivity contribution in [2.75, 3.05) is 4.90 Å². The molecule has 0 bridgehead atoms. The first-order valence-corrected chi connectivity index (χ1v) is 19.1. The van der Waals surface area contributed by atoms with Crippen molar-refractivity contribution in [1.29, 1.82) is 0 Å². The fraction of sp³-hybridized carbons (Fsp3) is 0. The van der Waals surface area contributed by atoms with Crippen molar-refractivity contribution in [2.45, 2.75) is 0 Å². The van der Waals surface area contributed by atoms with E-state index in [1.165, 1.54) is 22.3 Å². The summed E-state index contributed by atoms with van der Waals surface area (Å²) in [5.74, 6) is 0. The Balaban J connectivity index is 1.16. The summed E-state index contributed by atoms with van der Waals surface area (Å²) >= 11 is 0. The summed E-state index contributed by atoms with van der Waals surface area (Å²) in [6.07, 6.45) is 0. The van der Waals surface area contributed by atoms with Gasteiger partial charge in [-0.15, -0.1) is 0 Å². The van der Waals surface area contributed by atoms with Crippen LogP contribution in [-0.4, -0.2) is 9.61 Å². The average molecular weight is 716 g/mol. The lowest BCUT2D eigenvalue weighted by atomic mass is 9.96. The SMILES string of the molecule is c1ccc(-c2ccc(-c3ccc(N(c4ccccc4)c4ccc5cc(-c6ccccc6)n6nc(-c7ccccc7)c(-c7ccccc7)c6c5c4)cc3)cc2)cc1. The lowest BCUT2D eigenvalue weighted by Gasteiger charge is -2.26. The molecule has 0 aliphatic rings. The van der Waals surface area contributed by atoms with Crippen molar-refractivity contribution in [3.05, 3.63) is 224 Å². The summed E-state index contributed by atoms with van der Waals surface area (Å²) in [6.45, 7) is 0. The van der Waals surface area contributed by atoms with E-state index in [1.807, 2.05) is 0 Å². The van der Waals surface area contributed by atoms with Gasteiger partial charge in [-0.3, -0.25) is 0 Å². The molecule has 0 N–H and O–H groups in total. The number of hydrogen-bond acceptors (Lipinski definition) is 2. The van der Waals surface area contributed by atoms with E-state index in [-0.39, 0.29) is 0 Å². The van der Waals surface area contributed by atoms with Crippen molar-refractivity contribution in [3.63, 3.8) is 0 Å². The van der Waals surface area contributed by atoms with E-state index in [4.69, 9.17) is 5.10 Å². The molecule has 2 heterocycles. The maximum absolute atomic E-state index is 5.44. The Morgan fingerprint density at radius 3 is 1.34 bits per heavy atom. The van der Waals surface area contributed by atoms with Gasteiger partial charge in [-0.2, -0.15) is 5.10 Å². The second kappa shape index (κ2) is 14.4. The van der Waals surface area contributed by atoms with Gasteiger partial charge < -0.3 is 4.90 Å². The molecule has 10 rings (SSSR count). The summed E-state index contributed by atoms with van der Waals surface area (Å²) in [4.78, 5) is 2.35. The van der Waals surface area contributed by atoms with Crippen LogP contribution in [0.2, 0.25) is 0 Å². The van der Waals surface area contributed by atoms with Gasteiger partial charge in [0.25, 0.3) is 0 Å². The van der Waals surface area contributed by atoms with E-state index in [0.717, 1.165) is 67.0 Å². The fourth-order valence-electron chi connectivity index (χ4n) is 7.87. The van der Waals surface area contributed by atoms with Gasteiger partial charge in [0.1, 0.15) is 5.69 Å². The van der Waals surface area contributed by atoms with Crippen molar-refractivity contribution in [1.82, 2.24) is 9.61 Å². The summed E-state index contributed by atoms with van der Waals surface area (Å²) < 4.78 is 2.16. The zero-order valence-corrected chi connectivity index (χ0v) is 30.7. The zero-order chi connectivity index (χ0) is 37.3. The minimum Gasteiger partial charge on any atom is -0.310 e. The molecule has 3 nitrogen and oxygen atoms in total. The van der Waals surface area contributed by atoms with Gasteiger partial charge in [0.05, 0.1) is 11.2 Å². The standard InChI is InChI=1S/C53H37N3/c1-6-16-38(17-7-1)39-26-28-40(29-27-39)41-30-33-47(34-31-41)55(46-24-14-5-15-25-46)48-35-32-45-36-50(42-18-8-2-9-19-42)56-53(49(45)37-48)51(43-20-10-3-11-21-43)52(54-56)44-22-12-4-13-23-44/h1-37H. The predicted octanol–water partition coefficient (Wildman–Crippen LogP) is 14.3. The molecule has 0 unspecified atom stereocenters. The highest BCUT2D eigenvalue weighted by molar-refractivity contribution is 6.10. The van der Waals surface area contributed by atoms with Gasteiger partial charge in [-0.25, -0.2) is 4.52 Å². The van der Waals surface area contributed by atoms with E-state index in [2.05, 4.69) is 234 Å². The second-order valence-electron chi connectivity index (χ2n) is 14.0. The van der Waals surface area contributed by atoms with E-state index in [0.29, 0.717) is 0 Å². The Bertz CT molecular complexity index is 2900. The van der Waals surface area contributed by atoms with Crippen molar-refractivity contribution < 1.29 is 0 Å². The minimum atomic E-state index is 0.958. The van der Waals surface area contributed by atoms with Gasteiger partial charge in [0.15, 0.2) is 0 Å². The average Bonchev–Trinajstić information content (AvgIpc) is 3.69. The normalized spacial score (nSPS) is 11.2. The Kier molecular flexibility index (Phi) is 8.51. The Hall–Kier alpha value is -7.49. The molecule has 0 saturated heterocycles. The molecule has 0 amide bonds. The van der Waals surface area contributed by atoms with E-state index in [1.54, 1.807) is 0 Å². The van der Waals surface area contributed by atoms with Gasteiger partial charge in [0.2, 0.25) is 0 Å². The van der Waals surface area contributed by atoms with Crippen molar-refractivity contribution in [3.8, 4) is 55.9 Å². The molecule has 0 fully saturated rings. The second-order valence-corrected chi connectivity index (χ2v) is 14.0. The van der Waals surface area contributed by atoms with Crippen LogP contribution in [0.15, 0.2) is 224 Å². The van der Waals surface area contributed by atoms with E-state index in [9.17, 15) is 0 Å². The smallest absolute Gasteiger partial charge is 0.101 e. The number of aromatic nitrogens is 2. The number of rotatable bonds is 8. The Labute approximate surface area is 327 Å². The van der Waals surface area contributed by atoms with Crippen LogP contribution in [0.1, 0.15) is 0 Å². The van der Waals surface area contributed by atoms with E-state index < -0.39 is 0 Å². The number of benzene rings is 8. The van der Waals surface area contributed by atoms with Crippen molar-refractivity contribution in [2.24, 2.45) is 0 Å². The number of hydrogen-bond donors (Lipinski definition) is 0.